The van der Waals surface area contributed by atoms with Gasteiger partial charge in [0, 0.05) is 16.8 Å². The molecule has 1 aliphatic carbocycles. The lowest BCUT2D eigenvalue weighted by atomic mass is 9.95. The second-order valence-corrected chi connectivity index (χ2v) is 8.17. The van der Waals surface area contributed by atoms with Crippen LogP contribution in [0.15, 0.2) is 52.2 Å². The molecule has 3 aromatic rings. The van der Waals surface area contributed by atoms with Crippen molar-refractivity contribution in [2.45, 2.75) is 43.3 Å². The van der Waals surface area contributed by atoms with Gasteiger partial charge in [0.25, 0.3) is 0 Å². The summed E-state index contributed by atoms with van der Waals surface area (Å²) >= 11 is 7.37. The van der Waals surface area contributed by atoms with Crippen molar-refractivity contribution in [1.29, 1.82) is 0 Å². The van der Waals surface area contributed by atoms with Crippen LogP contribution in [0.4, 0.5) is 5.69 Å². The van der Waals surface area contributed by atoms with Gasteiger partial charge in [0.15, 0.2) is 10.9 Å². The Hall–Kier alpha value is -2.25. The molecule has 2 heterocycles. The number of anilines is 1. The molecule has 1 aromatic carbocycles. The molecule has 0 saturated heterocycles. The first-order chi connectivity index (χ1) is 13.7. The van der Waals surface area contributed by atoms with Crippen molar-refractivity contribution in [1.82, 2.24) is 14.8 Å². The zero-order valence-corrected chi connectivity index (χ0v) is 16.9. The van der Waals surface area contributed by atoms with Crippen molar-refractivity contribution in [3.63, 3.8) is 0 Å². The minimum Gasteiger partial charge on any atom is -0.461 e. The van der Waals surface area contributed by atoms with E-state index in [9.17, 15) is 4.79 Å². The lowest BCUT2D eigenvalue weighted by molar-refractivity contribution is -0.113. The molecule has 146 valence electrons. The average molecular weight is 417 g/mol. The number of aromatic nitrogens is 3. The highest BCUT2D eigenvalue weighted by atomic mass is 35.5. The van der Waals surface area contributed by atoms with Gasteiger partial charge in [-0.3, -0.25) is 9.36 Å². The summed E-state index contributed by atoms with van der Waals surface area (Å²) in [6, 6.07) is 11.2. The Morgan fingerprint density at radius 3 is 2.82 bits per heavy atom. The molecule has 1 N–H and O–H groups in total. The van der Waals surface area contributed by atoms with Crippen LogP contribution >= 0.6 is 23.4 Å². The number of furan rings is 1. The molecular weight excluding hydrogens is 396 g/mol. The van der Waals surface area contributed by atoms with E-state index >= 15 is 0 Å². The predicted octanol–water partition coefficient (Wildman–Crippen LogP) is 5.43. The predicted molar refractivity (Wildman–Crippen MR) is 111 cm³/mol. The number of hydrogen-bond donors (Lipinski definition) is 1. The molecule has 0 radical (unpaired) electrons. The number of hydrogen-bond acceptors (Lipinski definition) is 5. The molecule has 0 unspecified atom stereocenters. The molecular formula is C20H21ClN4O2S. The number of nitrogens with one attached hydrogen (secondary N) is 1. The molecule has 0 bridgehead atoms. The zero-order chi connectivity index (χ0) is 19.3. The molecule has 28 heavy (non-hydrogen) atoms. The Morgan fingerprint density at radius 2 is 2.07 bits per heavy atom. The van der Waals surface area contributed by atoms with E-state index < -0.39 is 0 Å². The standard InChI is InChI=1S/C20H21ClN4O2S/c21-14-6-4-7-15(12-14)22-18(26)13-28-20-24-23-19(17-10-5-11-27-17)25(20)16-8-2-1-3-9-16/h4-7,10-12,16H,1-3,8-9,13H2,(H,22,26). The molecule has 4 rings (SSSR count). The van der Waals surface area contributed by atoms with Crippen molar-refractivity contribution in [3.8, 4) is 11.6 Å². The Balaban J connectivity index is 1.50. The monoisotopic (exact) mass is 416 g/mol. The largest absolute Gasteiger partial charge is 0.461 e. The number of nitrogens with zero attached hydrogens (tertiary/aromatic N) is 3. The van der Waals surface area contributed by atoms with E-state index in [2.05, 4.69) is 20.1 Å². The summed E-state index contributed by atoms with van der Waals surface area (Å²) in [6.07, 6.45) is 7.47. The quantitative estimate of drug-likeness (QED) is 0.542. The third kappa shape index (κ3) is 4.42. The van der Waals surface area contributed by atoms with Crippen molar-refractivity contribution in [3.05, 3.63) is 47.7 Å². The highest BCUT2D eigenvalue weighted by Crippen LogP contribution is 2.35. The number of benzene rings is 1. The first-order valence-electron chi connectivity index (χ1n) is 9.38. The lowest BCUT2D eigenvalue weighted by Gasteiger charge is -2.25. The third-order valence-corrected chi connectivity index (χ3v) is 5.96. The second kappa shape index (κ2) is 8.84. The average Bonchev–Trinajstić information content (AvgIpc) is 3.36. The Bertz CT molecular complexity index is 936. The van der Waals surface area contributed by atoms with Gasteiger partial charge in [0.2, 0.25) is 11.7 Å². The van der Waals surface area contributed by atoms with Crippen LogP contribution in [0.1, 0.15) is 38.1 Å². The summed E-state index contributed by atoms with van der Waals surface area (Å²) in [6.45, 7) is 0. The molecule has 1 fully saturated rings. The molecule has 2 aromatic heterocycles. The molecule has 8 heteroatoms. The van der Waals surface area contributed by atoms with Gasteiger partial charge in [-0.1, -0.05) is 48.7 Å². The number of thioether (sulfide) groups is 1. The van der Waals surface area contributed by atoms with E-state index in [4.69, 9.17) is 16.0 Å². The van der Waals surface area contributed by atoms with Crippen LogP contribution in [0, 0.1) is 0 Å². The van der Waals surface area contributed by atoms with Gasteiger partial charge in [-0.25, -0.2) is 0 Å². The minimum atomic E-state index is -0.106. The van der Waals surface area contributed by atoms with E-state index in [0.717, 1.165) is 23.8 Å². The smallest absolute Gasteiger partial charge is 0.234 e. The lowest BCUT2D eigenvalue weighted by Crippen LogP contribution is -2.17. The summed E-state index contributed by atoms with van der Waals surface area (Å²) < 4.78 is 7.70. The van der Waals surface area contributed by atoms with Gasteiger partial charge in [-0.15, -0.1) is 10.2 Å². The molecule has 1 aliphatic rings. The molecule has 0 spiro atoms. The molecule has 6 nitrogen and oxygen atoms in total. The Kier molecular flexibility index (Phi) is 6.02. The maximum absolute atomic E-state index is 12.4. The van der Waals surface area contributed by atoms with Gasteiger partial charge in [0.1, 0.15) is 0 Å². The first kappa shape index (κ1) is 19.1. The van der Waals surface area contributed by atoms with Gasteiger partial charge in [-0.05, 0) is 43.2 Å². The highest BCUT2D eigenvalue weighted by molar-refractivity contribution is 7.99. The van der Waals surface area contributed by atoms with Crippen LogP contribution in [-0.4, -0.2) is 26.4 Å². The van der Waals surface area contributed by atoms with E-state index in [1.807, 2.05) is 18.2 Å². The number of carbonyl (C=O) groups is 1. The van der Waals surface area contributed by atoms with Crippen molar-refractivity contribution in [2.24, 2.45) is 0 Å². The van der Waals surface area contributed by atoms with Gasteiger partial charge >= 0.3 is 0 Å². The Morgan fingerprint density at radius 1 is 1.21 bits per heavy atom. The maximum atomic E-state index is 12.4. The van der Waals surface area contributed by atoms with Crippen LogP contribution in [0.25, 0.3) is 11.6 Å². The van der Waals surface area contributed by atoms with Crippen LogP contribution in [0.5, 0.6) is 0 Å². The Labute approximate surface area is 172 Å². The highest BCUT2D eigenvalue weighted by Gasteiger charge is 2.25. The molecule has 0 aliphatic heterocycles. The van der Waals surface area contributed by atoms with Crippen LogP contribution in [0.3, 0.4) is 0 Å². The van der Waals surface area contributed by atoms with Gasteiger partial charge < -0.3 is 9.73 Å². The van der Waals surface area contributed by atoms with Crippen molar-refractivity contribution >= 4 is 35.0 Å². The summed E-state index contributed by atoms with van der Waals surface area (Å²) in [5.41, 5.74) is 0.683. The van der Waals surface area contributed by atoms with Crippen molar-refractivity contribution < 1.29 is 9.21 Å². The van der Waals surface area contributed by atoms with Crippen LogP contribution < -0.4 is 5.32 Å². The number of rotatable bonds is 6. The van der Waals surface area contributed by atoms with Crippen LogP contribution in [0.2, 0.25) is 5.02 Å². The van der Waals surface area contributed by atoms with E-state index in [1.165, 1.54) is 31.0 Å². The van der Waals surface area contributed by atoms with Crippen LogP contribution in [-0.2, 0) is 4.79 Å². The second-order valence-electron chi connectivity index (χ2n) is 6.79. The number of carbonyl (C=O) groups excluding carboxylic acids is 1. The third-order valence-electron chi connectivity index (χ3n) is 4.79. The first-order valence-corrected chi connectivity index (χ1v) is 10.7. The molecule has 1 amide bonds. The number of amides is 1. The molecule has 1 saturated carbocycles. The summed E-state index contributed by atoms with van der Waals surface area (Å²) in [7, 11) is 0. The number of halogens is 1. The molecule has 0 atom stereocenters. The summed E-state index contributed by atoms with van der Waals surface area (Å²) in [5.74, 6) is 1.57. The van der Waals surface area contributed by atoms with Gasteiger partial charge in [0.05, 0.1) is 12.0 Å². The fourth-order valence-electron chi connectivity index (χ4n) is 3.51. The SMILES string of the molecule is O=C(CSc1nnc(-c2ccco2)n1C1CCCCC1)Nc1cccc(Cl)c1. The van der Waals surface area contributed by atoms with Gasteiger partial charge in [-0.2, -0.15) is 0 Å². The van der Waals surface area contributed by atoms with E-state index in [1.54, 1.807) is 24.5 Å². The summed E-state index contributed by atoms with van der Waals surface area (Å²) in [5, 5.41) is 12.9. The fourth-order valence-corrected chi connectivity index (χ4v) is 4.51. The zero-order valence-electron chi connectivity index (χ0n) is 15.3. The van der Waals surface area contributed by atoms with E-state index in [-0.39, 0.29) is 11.7 Å². The minimum absolute atomic E-state index is 0.106. The van der Waals surface area contributed by atoms with E-state index in [0.29, 0.717) is 22.5 Å². The normalized spacial score (nSPS) is 14.9. The fraction of sp³-hybridized carbons (Fsp3) is 0.350. The van der Waals surface area contributed by atoms with Crippen molar-refractivity contribution in [2.75, 3.05) is 11.1 Å². The summed E-state index contributed by atoms with van der Waals surface area (Å²) in [4.78, 5) is 12.4. The topological polar surface area (TPSA) is 73.0 Å². The maximum Gasteiger partial charge on any atom is 0.234 e.